The Morgan fingerprint density at radius 1 is 1.47 bits per heavy atom. The number of hydrogen-bond acceptors (Lipinski definition) is 2. The summed E-state index contributed by atoms with van der Waals surface area (Å²) in [6.45, 7) is 1.90. The maximum absolute atomic E-state index is 10.4. The molecule has 1 aromatic carbocycles. The van der Waals surface area contributed by atoms with Gasteiger partial charge in [0.1, 0.15) is 6.29 Å². The molecule has 0 bridgehead atoms. The monoisotopic (exact) mass is 203 g/mol. The predicted octanol–water partition coefficient (Wildman–Crippen LogP) is 3.26. The molecule has 78 valence electrons. The Morgan fingerprint density at radius 3 is 2.67 bits per heavy atom. The van der Waals surface area contributed by atoms with Crippen LogP contribution >= 0.6 is 0 Å². The van der Waals surface area contributed by atoms with Crippen molar-refractivity contribution in [2.45, 2.75) is 19.4 Å². The van der Waals surface area contributed by atoms with Gasteiger partial charge in [0.2, 0.25) is 0 Å². The zero-order valence-electron chi connectivity index (χ0n) is 8.58. The van der Waals surface area contributed by atoms with Crippen molar-refractivity contribution in [2.24, 2.45) is 11.0 Å². The summed E-state index contributed by atoms with van der Waals surface area (Å²) in [4.78, 5) is 13.2. The fraction of sp³-hybridized carbons (Fsp3) is 0.364. The third-order valence-corrected chi connectivity index (χ3v) is 2.32. The van der Waals surface area contributed by atoms with E-state index < -0.39 is 0 Å². The Balaban J connectivity index is 2.92. The van der Waals surface area contributed by atoms with Crippen LogP contribution in [-0.2, 0) is 4.79 Å². The van der Waals surface area contributed by atoms with Gasteiger partial charge in [0, 0.05) is 11.3 Å². The predicted molar refractivity (Wildman–Crippen MR) is 58.2 cm³/mol. The standard InChI is InChI=1S/C11H13N3O/c1-9(7-8-15)11(13-14-12)10-5-3-2-4-6-10/h2-6,8-9,11H,7H2,1H3/t9-,11+/m1/s1. The summed E-state index contributed by atoms with van der Waals surface area (Å²) in [5.74, 6) is 0.0285. The number of rotatable bonds is 5. The minimum Gasteiger partial charge on any atom is -0.303 e. The Morgan fingerprint density at radius 2 is 2.13 bits per heavy atom. The fourth-order valence-corrected chi connectivity index (χ4v) is 1.50. The summed E-state index contributed by atoms with van der Waals surface area (Å²) >= 11 is 0. The van der Waals surface area contributed by atoms with Crippen LogP contribution in [0, 0.1) is 5.92 Å². The van der Waals surface area contributed by atoms with E-state index in [1.54, 1.807) is 0 Å². The molecule has 0 aliphatic rings. The second kappa shape index (κ2) is 5.83. The van der Waals surface area contributed by atoms with Crippen LogP contribution in [0.25, 0.3) is 10.4 Å². The summed E-state index contributed by atoms with van der Waals surface area (Å²) in [7, 11) is 0. The van der Waals surface area contributed by atoms with E-state index in [1.807, 2.05) is 37.3 Å². The van der Waals surface area contributed by atoms with Crippen molar-refractivity contribution in [1.29, 1.82) is 0 Å². The smallest absolute Gasteiger partial charge is 0.120 e. The van der Waals surface area contributed by atoms with Gasteiger partial charge in [-0.2, -0.15) is 0 Å². The molecule has 0 aliphatic carbocycles. The molecule has 0 saturated carbocycles. The van der Waals surface area contributed by atoms with Gasteiger partial charge < -0.3 is 4.79 Å². The highest BCUT2D eigenvalue weighted by Gasteiger charge is 2.16. The fourth-order valence-electron chi connectivity index (χ4n) is 1.50. The Bertz CT molecular complexity index is 357. The number of nitrogens with zero attached hydrogens (tertiary/aromatic N) is 3. The minimum atomic E-state index is -0.263. The zero-order chi connectivity index (χ0) is 11.1. The molecule has 0 unspecified atom stereocenters. The number of carbonyl (C=O) groups is 1. The normalized spacial score (nSPS) is 13.7. The van der Waals surface area contributed by atoms with Gasteiger partial charge in [-0.3, -0.25) is 0 Å². The molecule has 0 saturated heterocycles. The molecule has 0 heterocycles. The molecule has 1 aromatic rings. The lowest BCUT2D eigenvalue weighted by atomic mass is 9.93. The quantitative estimate of drug-likeness (QED) is 0.313. The molecule has 1 rings (SSSR count). The molecule has 15 heavy (non-hydrogen) atoms. The first kappa shape index (κ1) is 11.3. The van der Waals surface area contributed by atoms with Crippen LogP contribution < -0.4 is 0 Å². The lowest BCUT2D eigenvalue weighted by molar-refractivity contribution is -0.108. The number of azide groups is 1. The van der Waals surface area contributed by atoms with Crippen LogP contribution in [0.15, 0.2) is 35.4 Å². The molecule has 0 spiro atoms. The van der Waals surface area contributed by atoms with Crippen LogP contribution in [0.1, 0.15) is 24.9 Å². The first-order valence-corrected chi connectivity index (χ1v) is 4.82. The van der Waals surface area contributed by atoms with Gasteiger partial charge in [0.25, 0.3) is 0 Å². The third kappa shape index (κ3) is 3.11. The van der Waals surface area contributed by atoms with Crippen molar-refractivity contribution in [3.05, 3.63) is 46.3 Å². The maximum Gasteiger partial charge on any atom is 0.120 e. The Hall–Kier alpha value is -1.80. The highest BCUT2D eigenvalue weighted by Crippen LogP contribution is 2.27. The van der Waals surface area contributed by atoms with Gasteiger partial charge in [0.15, 0.2) is 0 Å². The lowest BCUT2D eigenvalue weighted by Crippen LogP contribution is -2.07. The second-order valence-corrected chi connectivity index (χ2v) is 3.44. The summed E-state index contributed by atoms with van der Waals surface area (Å²) in [6.07, 6.45) is 1.26. The second-order valence-electron chi connectivity index (χ2n) is 3.44. The molecule has 4 heteroatoms. The molecule has 0 amide bonds. The summed E-state index contributed by atoms with van der Waals surface area (Å²) in [5.41, 5.74) is 9.43. The van der Waals surface area contributed by atoms with Crippen LogP contribution in [0.4, 0.5) is 0 Å². The van der Waals surface area contributed by atoms with Crippen LogP contribution in [0.2, 0.25) is 0 Å². The molecule has 0 aromatic heterocycles. The third-order valence-electron chi connectivity index (χ3n) is 2.32. The van der Waals surface area contributed by atoms with Crippen molar-refractivity contribution in [1.82, 2.24) is 0 Å². The zero-order valence-corrected chi connectivity index (χ0v) is 8.58. The van der Waals surface area contributed by atoms with Gasteiger partial charge in [0.05, 0.1) is 6.04 Å². The average Bonchev–Trinajstić information content (AvgIpc) is 2.27. The van der Waals surface area contributed by atoms with Crippen molar-refractivity contribution < 1.29 is 4.79 Å². The van der Waals surface area contributed by atoms with Gasteiger partial charge in [-0.05, 0) is 17.0 Å². The Kier molecular flexibility index (Phi) is 4.38. The van der Waals surface area contributed by atoms with E-state index in [9.17, 15) is 4.79 Å². The summed E-state index contributed by atoms with van der Waals surface area (Å²) in [6, 6.07) is 9.23. The number of benzene rings is 1. The van der Waals surface area contributed by atoms with Gasteiger partial charge in [-0.25, -0.2) is 0 Å². The highest BCUT2D eigenvalue weighted by atomic mass is 16.1. The number of hydrogen-bond donors (Lipinski definition) is 0. The van der Waals surface area contributed by atoms with Gasteiger partial charge >= 0.3 is 0 Å². The van der Waals surface area contributed by atoms with Crippen molar-refractivity contribution >= 4 is 6.29 Å². The SMILES string of the molecule is C[C@H](CC=O)[C@H](N=[N+]=[N-])c1ccccc1. The largest absolute Gasteiger partial charge is 0.303 e. The molecular weight excluding hydrogens is 190 g/mol. The van der Waals surface area contributed by atoms with E-state index in [2.05, 4.69) is 10.0 Å². The maximum atomic E-state index is 10.4. The van der Waals surface area contributed by atoms with Crippen LogP contribution in [0.5, 0.6) is 0 Å². The van der Waals surface area contributed by atoms with Crippen LogP contribution in [0.3, 0.4) is 0 Å². The van der Waals surface area contributed by atoms with Crippen LogP contribution in [-0.4, -0.2) is 6.29 Å². The van der Waals surface area contributed by atoms with E-state index in [0.717, 1.165) is 11.8 Å². The molecule has 0 radical (unpaired) electrons. The van der Waals surface area contributed by atoms with E-state index in [0.29, 0.717) is 6.42 Å². The van der Waals surface area contributed by atoms with E-state index in [-0.39, 0.29) is 12.0 Å². The van der Waals surface area contributed by atoms with Crippen molar-refractivity contribution in [2.75, 3.05) is 0 Å². The minimum absolute atomic E-state index is 0.0285. The van der Waals surface area contributed by atoms with E-state index >= 15 is 0 Å². The molecule has 0 fully saturated rings. The topological polar surface area (TPSA) is 65.8 Å². The molecule has 2 atom stereocenters. The molecule has 0 N–H and O–H groups in total. The highest BCUT2D eigenvalue weighted by molar-refractivity contribution is 5.50. The summed E-state index contributed by atoms with van der Waals surface area (Å²) < 4.78 is 0. The van der Waals surface area contributed by atoms with Gasteiger partial charge in [-0.1, -0.05) is 42.4 Å². The van der Waals surface area contributed by atoms with Gasteiger partial charge in [-0.15, -0.1) is 0 Å². The van der Waals surface area contributed by atoms with Crippen molar-refractivity contribution in [3.63, 3.8) is 0 Å². The van der Waals surface area contributed by atoms with E-state index in [1.165, 1.54) is 0 Å². The first-order valence-electron chi connectivity index (χ1n) is 4.82. The average molecular weight is 203 g/mol. The van der Waals surface area contributed by atoms with E-state index in [4.69, 9.17) is 5.53 Å². The Labute approximate surface area is 88.6 Å². The lowest BCUT2D eigenvalue weighted by Gasteiger charge is -2.17. The molecular formula is C11H13N3O. The first-order chi connectivity index (χ1) is 7.29. The number of carbonyl (C=O) groups excluding carboxylic acids is 1. The summed E-state index contributed by atoms with van der Waals surface area (Å²) in [5, 5.41) is 3.73. The number of aldehydes is 1. The van der Waals surface area contributed by atoms with Crippen molar-refractivity contribution in [3.8, 4) is 0 Å². The molecule has 0 aliphatic heterocycles. The molecule has 4 nitrogen and oxygen atoms in total.